The molecule has 0 bridgehead atoms. The van der Waals surface area contributed by atoms with Gasteiger partial charge in [0, 0.05) is 25.7 Å². The van der Waals surface area contributed by atoms with E-state index in [1.54, 1.807) is 0 Å². The summed E-state index contributed by atoms with van der Waals surface area (Å²) in [5, 5.41) is 12.5. The lowest BCUT2D eigenvalue weighted by Gasteiger charge is -2.36. The van der Waals surface area contributed by atoms with Crippen molar-refractivity contribution in [2.75, 3.05) is 26.7 Å². The molecule has 1 unspecified atom stereocenters. The predicted octanol–water partition coefficient (Wildman–Crippen LogP) is 1.20. The molecule has 1 aromatic carbocycles. The average molecular weight is 215 g/mol. The molecule has 16 heavy (non-hydrogen) atoms. The Morgan fingerprint density at radius 2 is 2.12 bits per heavy atom. The van der Waals surface area contributed by atoms with Gasteiger partial charge >= 0.3 is 0 Å². The van der Waals surface area contributed by atoms with E-state index < -0.39 is 0 Å². The van der Waals surface area contributed by atoms with E-state index in [0.717, 1.165) is 25.2 Å². The Balaban J connectivity index is 1.98. The van der Waals surface area contributed by atoms with Crippen LogP contribution in [0, 0.1) is 11.3 Å². The van der Waals surface area contributed by atoms with Crippen LogP contribution in [0.3, 0.4) is 0 Å². The van der Waals surface area contributed by atoms with Crippen LogP contribution in [0.15, 0.2) is 30.3 Å². The third kappa shape index (κ3) is 2.41. The van der Waals surface area contributed by atoms with Crippen molar-refractivity contribution in [3.8, 4) is 6.07 Å². The summed E-state index contributed by atoms with van der Waals surface area (Å²) in [4.78, 5) is 2.28. The zero-order valence-electron chi connectivity index (χ0n) is 9.56. The Bertz CT molecular complexity index is 365. The quantitative estimate of drug-likeness (QED) is 0.820. The van der Waals surface area contributed by atoms with Crippen LogP contribution in [0.5, 0.6) is 0 Å². The first-order valence-electron chi connectivity index (χ1n) is 5.67. The number of hydrogen-bond donors (Lipinski definition) is 1. The molecular formula is C13H17N3. The van der Waals surface area contributed by atoms with E-state index in [0.29, 0.717) is 6.04 Å². The first-order chi connectivity index (χ1) is 7.81. The maximum absolute atomic E-state index is 9.21. The fourth-order valence-electron chi connectivity index (χ4n) is 1.93. The van der Waals surface area contributed by atoms with Gasteiger partial charge in [-0.15, -0.1) is 0 Å². The van der Waals surface area contributed by atoms with E-state index in [4.69, 9.17) is 0 Å². The molecule has 3 heteroatoms. The van der Waals surface area contributed by atoms with Crippen molar-refractivity contribution in [3.63, 3.8) is 0 Å². The van der Waals surface area contributed by atoms with Gasteiger partial charge in [0.15, 0.2) is 0 Å². The highest BCUT2D eigenvalue weighted by atomic mass is 15.2. The van der Waals surface area contributed by atoms with Crippen molar-refractivity contribution in [1.82, 2.24) is 10.2 Å². The van der Waals surface area contributed by atoms with Gasteiger partial charge in [0.2, 0.25) is 0 Å². The van der Waals surface area contributed by atoms with Gasteiger partial charge in [-0.25, -0.2) is 0 Å². The van der Waals surface area contributed by atoms with Crippen molar-refractivity contribution in [1.29, 1.82) is 5.26 Å². The SMILES string of the molecule is CN(CC(C#N)c1ccccc1)C1CNC1. The molecule has 1 aliphatic rings. The van der Waals surface area contributed by atoms with Crippen molar-refractivity contribution in [2.24, 2.45) is 0 Å². The maximum atomic E-state index is 9.21. The summed E-state index contributed by atoms with van der Waals surface area (Å²) in [5.41, 5.74) is 1.11. The molecule has 0 saturated carbocycles. The first kappa shape index (κ1) is 11.1. The molecule has 0 aliphatic carbocycles. The van der Waals surface area contributed by atoms with Crippen molar-refractivity contribution in [3.05, 3.63) is 35.9 Å². The Hall–Kier alpha value is -1.37. The van der Waals surface area contributed by atoms with Crippen molar-refractivity contribution in [2.45, 2.75) is 12.0 Å². The van der Waals surface area contributed by atoms with Crippen LogP contribution in [-0.2, 0) is 0 Å². The fourth-order valence-corrected chi connectivity index (χ4v) is 1.93. The number of nitrogens with one attached hydrogen (secondary N) is 1. The highest BCUT2D eigenvalue weighted by Crippen LogP contribution is 2.17. The number of nitrogens with zero attached hydrogens (tertiary/aromatic N) is 2. The Kier molecular flexibility index (Phi) is 3.55. The van der Waals surface area contributed by atoms with Crippen LogP contribution in [0.25, 0.3) is 0 Å². The van der Waals surface area contributed by atoms with E-state index in [1.165, 1.54) is 0 Å². The van der Waals surface area contributed by atoms with Crippen LogP contribution in [0.4, 0.5) is 0 Å². The molecule has 1 aromatic rings. The topological polar surface area (TPSA) is 39.1 Å². The van der Waals surface area contributed by atoms with E-state index >= 15 is 0 Å². The fraction of sp³-hybridized carbons (Fsp3) is 0.462. The summed E-state index contributed by atoms with van der Waals surface area (Å²) < 4.78 is 0. The highest BCUT2D eigenvalue weighted by Gasteiger charge is 2.24. The molecule has 0 aromatic heterocycles. The minimum Gasteiger partial charge on any atom is -0.314 e. The second kappa shape index (κ2) is 5.11. The molecule has 1 N–H and O–H groups in total. The zero-order chi connectivity index (χ0) is 11.4. The second-order valence-electron chi connectivity index (χ2n) is 4.34. The minimum absolute atomic E-state index is 0.0215. The predicted molar refractivity (Wildman–Crippen MR) is 64.1 cm³/mol. The van der Waals surface area contributed by atoms with Gasteiger partial charge in [0.25, 0.3) is 0 Å². The second-order valence-corrected chi connectivity index (χ2v) is 4.34. The van der Waals surface area contributed by atoms with Crippen molar-refractivity contribution >= 4 is 0 Å². The smallest absolute Gasteiger partial charge is 0.0839 e. The normalized spacial score (nSPS) is 17.8. The Morgan fingerprint density at radius 3 is 2.62 bits per heavy atom. The van der Waals surface area contributed by atoms with Crippen molar-refractivity contribution < 1.29 is 0 Å². The van der Waals surface area contributed by atoms with E-state index in [-0.39, 0.29) is 5.92 Å². The third-order valence-electron chi connectivity index (χ3n) is 3.21. The molecule has 0 spiro atoms. The third-order valence-corrected chi connectivity index (χ3v) is 3.21. The van der Waals surface area contributed by atoms with E-state index in [1.807, 2.05) is 30.3 Å². The summed E-state index contributed by atoms with van der Waals surface area (Å²) >= 11 is 0. The lowest BCUT2D eigenvalue weighted by atomic mass is 9.99. The number of rotatable bonds is 4. The molecule has 1 heterocycles. The lowest BCUT2D eigenvalue weighted by molar-refractivity contribution is 0.177. The van der Waals surface area contributed by atoms with Crippen LogP contribution in [0.1, 0.15) is 11.5 Å². The first-order valence-corrected chi connectivity index (χ1v) is 5.67. The summed E-state index contributed by atoms with van der Waals surface area (Å²) in [7, 11) is 2.10. The molecule has 84 valence electrons. The lowest BCUT2D eigenvalue weighted by Crippen LogP contribution is -2.56. The molecule has 1 atom stereocenters. The largest absolute Gasteiger partial charge is 0.314 e. The van der Waals surface area contributed by atoms with Crippen LogP contribution < -0.4 is 5.32 Å². The van der Waals surface area contributed by atoms with Crippen LogP contribution in [-0.4, -0.2) is 37.6 Å². The number of likely N-dealkylation sites (N-methyl/N-ethyl adjacent to an activating group) is 1. The number of benzene rings is 1. The van der Waals surface area contributed by atoms with Gasteiger partial charge in [-0.2, -0.15) is 5.26 Å². The van der Waals surface area contributed by atoms with Gasteiger partial charge < -0.3 is 5.32 Å². The van der Waals surface area contributed by atoms with E-state index in [2.05, 4.69) is 23.3 Å². The van der Waals surface area contributed by atoms with Gasteiger partial charge in [-0.1, -0.05) is 30.3 Å². The standard InChI is InChI=1S/C13H17N3/c1-16(13-8-15-9-13)10-12(7-14)11-5-3-2-4-6-11/h2-6,12-13,15H,8-10H2,1H3. The summed E-state index contributed by atoms with van der Waals surface area (Å²) in [6.07, 6.45) is 0. The summed E-state index contributed by atoms with van der Waals surface area (Å²) in [6, 6.07) is 13.0. The molecule has 2 rings (SSSR count). The number of nitriles is 1. The molecule has 0 radical (unpaired) electrons. The van der Waals surface area contributed by atoms with Crippen LogP contribution >= 0.6 is 0 Å². The summed E-state index contributed by atoms with van der Waals surface area (Å²) in [6.45, 7) is 2.90. The molecule has 0 amide bonds. The molecule has 1 saturated heterocycles. The molecule has 1 fully saturated rings. The molecule has 3 nitrogen and oxygen atoms in total. The van der Waals surface area contributed by atoms with Gasteiger partial charge in [0.05, 0.1) is 12.0 Å². The van der Waals surface area contributed by atoms with E-state index in [9.17, 15) is 5.26 Å². The maximum Gasteiger partial charge on any atom is 0.0839 e. The zero-order valence-corrected chi connectivity index (χ0v) is 9.56. The Morgan fingerprint density at radius 1 is 1.44 bits per heavy atom. The van der Waals surface area contributed by atoms with Crippen LogP contribution in [0.2, 0.25) is 0 Å². The highest BCUT2D eigenvalue weighted by molar-refractivity contribution is 5.25. The van der Waals surface area contributed by atoms with Gasteiger partial charge in [-0.05, 0) is 12.6 Å². The molecule has 1 aliphatic heterocycles. The van der Waals surface area contributed by atoms with Gasteiger partial charge in [-0.3, -0.25) is 4.90 Å². The number of hydrogen-bond acceptors (Lipinski definition) is 3. The average Bonchev–Trinajstić information content (AvgIpc) is 2.24. The molecular weight excluding hydrogens is 198 g/mol. The minimum atomic E-state index is -0.0215. The summed E-state index contributed by atoms with van der Waals surface area (Å²) in [5.74, 6) is -0.0215. The Labute approximate surface area is 96.7 Å². The monoisotopic (exact) mass is 215 g/mol. The van der Waals surface area contributed by atoms with Gasteiger partial charge in [0.1, 0.15) is 0 Å².